The van der Waals surface area contributed by atoms with Gasteiger partial charge in [0.1, 0.15) is 23.1 Å². The van der Waals surface area contributed by atoms with Crippen molar-refractivity contribution in [3.8, 4) is 17.6 Å². The van der Waals surface area contributed by atoms with Crippen LogP contribution in [0.1, 0.15) is 57.2 Å². The summed E-state index contributed by atoms with van der Waals surface area (Å²) in [7, 11) is 3.08. The average Bonchev–Trinajstić information content (AvgIpc) is 3.36. The van der Waals surface area contributed by atoms with Crippen LogP contribution in [0.2, 0.25) is 0 Å². The van der Waals surface area contributed by atoms with E-state index in [2.05, 4.69) is 11.4 Å². The summed E-state index contributed by atoms with van der Waals surface area (Å²) >= 11 is 0. The molecular weight excluding hydrogens is 510 g/mol. The smallest absolute Gasteiger partial charge is 0.408 e. The molecule has 2 N–H and O–H groups in total. The lowest BCUT2D eigenvalue weighted by molar-refractivity contribution is -0.133. The second kappa shape index (κ2) is 11.8. The van der Waals surface area contributed by atoms with E-state index in [4.69, 9.17) is 14.2 Å². The van der Waals surface area contributed by atoms with Gasteiger partial charge in [0.15, 0.2) is 0 Å². The lowest BCUT2D eigenvalue weighted by Gasteiger charge is -2.45. The number of nitriles is 1. The van der Waals surface area contributed by atoms with Crippen LogP contribution in [0, 0.1) is 29.1 Å². The number of para-hydroxylation sites is 2. The van der Waals surface area contributed by atoms with Gasteiger partial charge in [0.05, 0.1) is 25.9 Å². The molecule has 1 aliphatic heterocycles. The summed E-state index contributed by atoms with van der Waals surface area (Å²) in [4.78, 5) is 28.7. The van der Waals surface area contributed by atoms with Crippen LogP contribution in [-0.2, 0) is 15.1 Å². The molecule has 40 heavy (non-hydrogen) atoms. The van der Waals surface area contributed by atoms with Gasteiger partial charge in [-0.3, -0.25) is 4.79 Å². The molecule has 2 aromatic carbocycles. The Kier molecular flexibility index (Phi) is 8.59. The second-order valence-electron chi connectivity index (χ2n) is 11.7. The number of fused-ring (bicyclic) bond motifs is 1. The standard InChI is InChI=1S/C31H39N3O6/c1-30(2,3)40-29(36)33-27(22-10-6-8-12-25(22)38-4)28(35)34-18-21-16-20(14-15-32)17-31(37,24(21)19-34)23-11-7-9-13-26(23)39-5/h6-13,20-21,24,27,37H,14,16-19H2,1-5H3,(H,33,36)/t20-,21+,24-,27?,31-/m1/s1. The third kappa shape index (κ3) is 6.02. The first-order valence-corrected chi connectivity index (χ1v) is 13.6. The van der Waals surface area contributed by atoms with Crippen molar-refractivity contribution in [1.29, 1.82) is 5.26 Å². The molecule has 0 radical (unpaired) electrons. The van der Waals surface area contributed by atoms with E-state index in [0.717, 1.165) is 6.42 Å². The normalized spacial score (nSPS) is 24.8. The molecule has 1 saturated heterocycles. The van der Waals surface area contributed by atoms with E-state index < -0.39 is 23.3 Å². The molecule has 1 heterocycles. The Bertz CT molecular complexity index is 1270. The Morgan fingerprint density at radius 2 is 1.75 bits per heavy atom. The topological polar surface area (TPSA) is 121 Å². The minimum atomic E-state index is -1.29. The summed E-state index contributed by atoms with van der Waals surface area (Å²) < 4.78 is 16.6. The van der Waals surface area contributed by atoms with Gasteiger partial charge < -0.3 is 29.5 Å². The fraction of sp³-hybridized carbons (Fsp3) is 0.516. The number of nitrogens with zero attached hydrogens (tertiary/aromatic N) is 2. The highest BCUT2D eigenvalue weighted by Crippen LogP contribution is 2.53. The largest absolute Gasteiger partial charge is 0.496 e. The maximum absolute atomic E-state index is 14.2. The number of rotatable bonds is 7. The summed E-state index contributed by atoms with van der Waals surface area (Å²) in [6, 6.07) is 15.7. The van der Waals surface area contributed by atoms with Crippen LogP contribution >= 0.6 is 0 Å². The molecule has 2 aliphatic rings. The first-order valence-electron chi connectivity index (χ1n) is 13.6. The van der Waals surface area contributed by atoms with Crippen molar-refractivity contribution in [3.05, 3.63) is 59.7 Å². The number of methoxy groups -OCH3 is 2. The van der Waals surface area contributed by atoms with Crippen LogP contribution in [0.3, 0.4) is 0 Å². The highest BCUT2D eigenvalue weighted by molar-refractivity contribution is 5.88. The minimum Gasteiger partial charge on any atom is -0.496 e. The van der Waals surface area contributed by atoms with Crippen molar-refractivity contribution in [2.24, 2.45) is 17.8 Å². The molecule has 0 spiro atoms. The van der Waals surface area contributed by atoms with Crippen molar-refractivity contribution in [3.63, 3.8) is 0 Å². The Balaban J connectivity index is 1.68. The Morgan fingerprint density at radius 1 is 1.10 bits per heavy atom. The van der Waals surface area contributed by atoms with Crippen LogP contribution < -0.4 is 14.8 Å². The number of likely N-dealkylation sites (tertiary alicyclic amines) is 1. The van der Waals surface area contributed by atoms with Crippen LogP contribution in [-0.4, -0.2) is 54.9 Å². The minimum absolute atomic E-state index is 0.0267. The van der Waals surface area contributed by atoms with Gasteiger partial charge in [-0.05, 0) is 57.6 Å². The number of amides is 2. The van der Waals surface area contributed by atoms with Crippen LogP contribution in [0.4, 0.5) is 4.79 Å². The number of hydrogen-bond donors (Lipinski definition) is 2. The zero-order valence-corrected chi connectivity index (χ0v) is 23.8. The fourth-order valence-corrected chi connectivity index (χ4v) is 6.32. The highest BCUT2D eigenvalue weighted by atomic mass is 16.6. The number of benzene rings is 2. The number of alkyl carbamates (subject to hydrolysis) is 1. The Labute approximate surface area is 236 Å². The first-order chi connectivity index (χ1) is 19.0. The van der Waals surface area contributed by atoms with Gasteiger partial charge in [-0.15, -0.1) is 0 Å². The summed E-state index contributed by atoms with van der Waals surface area (Å²) in [6.07, 6.45) is 0.723. The van der Waals surface area contributed by atoms with Crippen molar-refractivity contribution in [2.45, 2.75) is 57.3 Å². The van der Waals surface area contributed by atoms with Gasteiger partial charge in [-0.25, -0.2) is 4.79 Å². The quantitative estimate of drug-likeness (QED) is 0.520. The van der Waals surface area contributed by atoms with Crippen molar-refractivity contribution < 1.29 is 28.9 Å². The molecule has 9 nitrogen and oxygen atoms in total. The van der Waals surface area contributed by atoms with E-state index in [0.29, 0.717) is 48.6 Å². The molecule has 5 atom stereocenters. The number of nitrogens with one attached hydrogen (secondary N) is 1. The van der Waals surface area contributed by atoms with Crippen molar-refractivity contribution >= 4 is 12.0 Å². The molecule has 9 heteroatoms. The fourth-order valence-electron chi connectivity index (χ4n) is 6.32. The molecular formula is C31H39N3O6. The van der Waals surface area contributed by atoms with E-state index >= 15 is 0 Å². The zero-order valence-electron chi connectivity index (χ0n) is 23.8. The SMILES string of the molecule is COc1ccccc1C(NC(=O)OC(C)(C)C)C(=O)N1C[C@@H]2C[C@@H](CC#N)C[C@@](O)(c3ccccc3OC)[C@@H]2C1. The monoisotopic (exact) mass is 549 g/mol. The predicted molar refractivity (Wildman–Crippen MR) is 149 cm³/mol. The lowest BCUT2D eigenvalue weighted by atomic mass is 9.63. The summed E-state index contributed by atoms with van der Waals surface area (Å²) in [6.45, 7) is 5.96. The highest BCUT2D eigenvalue weighted by Gasteiger charge is 2.54. The summed E-state index contributed by atoms with van der Waals surface area (Å²) in [5.41, 5.74) is -0.859. The maximum Gasteiger partial charge on any atom is 0.408 e. The molecule has 1 saturated carbocycles. The molecule has 2 amide bonds. The number of carbonyl (C=O) groups excluding carboxylic acids is 2. The zero-order chi connectivity index (χ0) is 29.1. The van der Waals surface area contributed by atoms with Crippen LogP contribution in [0.5, 0.6) is 11.5 Å². The van der Waals surface area contributed by atoms with E-state index in [9.17, 15) is 20.0 Å². The van der Waals surface area contributed by atoms with Gasteiger partial charge in [0, 0.05) is 36.6 Å². The second-order valence-corrected chi connectivity index (χ2v) is 11.7. The van der Waals surface area contributed by atoms with E-state index in [1.54, 1.807) is 57.0 Å². The van der Waals surface area contributed by atoms with Crippen molar-refractivity contribution in [1.82, 2.24) is 10.2 Å². The van der Waals surface area contributed by atoms with Gasteiger partial charge in [0.25, 0.3) is 0 Å². The Morgan fingerprint density at radius 3 is 2.40 bits per heavy atom. The summed E-state index contributed by atoms with van der Waals surface area (Å²) in [5.74, 6) is 0.385. The molecule has 2 aromatic rings. The van der Waals surface area contributed by atoms with Gasteiger partial charge in [0.2, 0.25) is 5.91 Å². The molecule has 214 valence electrons. The number of carbonyl (C=O) groups is 2. The molecule has 1 unspecified atom stereocenters. The summed E-state index contributed by atoms with van der Waals surface area (Å²) in [5, 5.41) is 24.5. The maximum atomic E-state index is 14.2. The molecule has 4 rings (SSSR count). The van der Waals surface area contributed by atoms with E-state index in [-0.39, 0.29) is 23.7 Å². The average molecular weight is 550 g/mol. The predicted octanol–water partition coefficient (Wildman–Crippen LogP) is 4.56. The van der Waals surface area contributed by atoms with E-state index in [1.807, 2.05) is 24.3 Å². The lowest BCUT2D eigenvalue weighted by Crippen LogP contribution is -2.46. The Hall–Kier alpha value is -3.77. The van der Waals surface area contributed by atoms with Crippen LogP contribution in [0.25, 0.3) is 0 Å². The molecule has 0 aromatic heterocycles. The number of ether oxygens (including phenoxy) is 3. The van der Waals surface area contributed by atoms with Gasteiger partial charge in [-0.2, -0.15) is 5.26 Å². The number of aliphatic hydroxyl groups is 1. The molecule has 0 bridgehead atoms. The molecule has 2 fully saturated rings. The van der Waals surface area contributed by atoms with Gasteiger partial charge >= 0.3 is 6.09 Å². The third-order valence-corrected chi connectivity index (χ3v) is 7.91. The third-order valence-electron chi connectivity index (χ3n) is 7.91. The van der Waals surface area contributed by atoms with E-state index in [1.165, 1.54) is 7.11 Å². The van der Waals surface area contributed by atoms with Crippen LogP contribution in [0.15, 0.2) is 48.5 Å². The number of hydrogen-bond acceptors (Lipinski definition) is 7. The van der Waals surface area contributed by atoms with Gasteiger partial charge in [-0.1, -0.05) is 36.4 Å². The molecule has 1 aliphatic carbocycles. The first kappa shape index (κ1) is 29.2. The van der Waals surface area contributed by atoms with Crippen molar-refractivity contribution in [2.75, 3.05) is 27.3 Å².